The molecule has 7 heteroatoms. The highest BCUT2D eigenvalue weighted by Gasteiger charge is 2.52. The van der Waals surface area contributed by atoms with Gasteiger partial charge in [0.15, 0.2) is 0 Å². The maximum absolute atomic E-state index is 12.6. The normalized spacial score (nSPS) is 20.0. The van der Waals surface area contributed by atoms with Gasteiger partial charge >= 0.3 is 0 Å². The largest absolute Gasteiger partial charge is 0.342 e. The molecule has 1 fully saturated rings. The van der Waals surface area contributed by atoms with Crippen LogP contribution in [0, 0.1) is 6.92 Å². The summed E-state index contributed by atoms with van der Waals surface area (Å²) in [5, 5.41) is 3.11. The van der Waals surface area contributed by atoms with E-state index in [-0.39, 0.29) is 17.5 Å². The summed E-state index contributed by atoms with van der Waals surface area (Å²) in [7, 11) is 0. The zero-order chi connectivity index (χ0) is 19.1. The van der Waals surface area contributed by atoms with Gasteiger partial charge in [0.2, 0.25) is 0 Å². The number of imidazole rings is 1. The highest BCUT2D eigenvalue weighted by atomic mass is 16.1. The Bertz CT molecular complexity index is 1010. The van der Waals surface area contributed by atoms with Gasteiger partial charge in [-0.2, -0.15) is 0 Å². The van der Waals surface area contributed by atoms with Gasteiger partial charge in [-0.3, -0.25) is 9.69 Å². The first-order valence-corrected chi connectivity index (χ1v) is 9.51. The Labute approximate surface area is 163 Å². The van der Waals surface area contributed by atoms with Gasteiger partial charge in [0, 0.05) is 50.8 Å². The first kappa shape index (κ1) is 17.1. The molecule has 2 aliphatic heterocycles. The zero-order valence-corrected chi connectivity index (χ0v) is 15.7. The topological polar surface area (TPSA) is 75.9 Å². The van der Waals surface area contributed by atoms with Gasteiger partial charge < -0.3 is 9.88 Å². The number of nitrogens with zero attached hydrogens (tertiary/aromatic N) is 5. The summed E-state index contributed by atoms with van der Waals surface area (Å²) in [6.45, 7) is 5.04. The summed E-state index contributed by atoms with van der Waals surface area (Å²) >= 11 is 0. The molecule has 1 unspecified atom stereocenters. The van der Waals surface area contributed by atoms with Crippen molar-refractivity contribution in [2.75, 3.05) is 13.1 Å². The number of benzene rings is 1. The fourth-order valence-corrected chi connectivity index (χ4v) is 4.52. The second-order valence-electron chi connectivity index (χ2n) is 7.81. The van der Waals surface area contributed by atoms with Crippen molar-refractivity contribution in [3.05, 3.63) is 77.9 Å². The van der Waals surface area contributed by atoms with E-state index in [0.29, 0.717) is 5.56 Å². The summed E-state index contributed by atoms with van der Waals surface area (Å²) in [5.41, 5.74) is 3.18. The van der Waals surface area contributed by atoms with Crippen LogP contribution in [0.4, 0.5) is 0 Å². The Morgan fingerprint density at radius 3 is 2.82 bits per heavy atom. The van der Waals surface area contributed by atoms with E-state index in [2.05, 4.69) is 60.9 Å². The minimum atomic E-state index is -0.159. The van der Waals surface area contributed by atoms with Gasteiger partial charge in [-0.15, -0.1) is 0 Å². The summed E-state index contributed by atoms with van der Waals surface area (Å²) in [4.78, 5) is 27.4. The van der Waals surface area contributed by atoms with E-state index < -0.39 is 0 Å². The lowest BCUT2D eigenvalue weighted by Crippen LogP contribution is -2.60. The van der Waals surface area contributed by atoms with Gasteiger partial charge in [0.1, 0.15) is 12.2 Å². The molecule has 0 aliphatic carbocycles. The molecule has 0 saturated carbocycles. The van der Waals surface area contributed by atoms with Crippen molar-refractivity contribution in [3.8, 4) is 0 Å². The molecule has 1 spiro atoms. The minimum absolute atomic E-state index is 0.0135. The van der Waals surface area contributed by atoms with E-state index in [1.807, 2.05) is 12.4 Å². The second-order valence-corrected chi connectivity index (χ2v) is 7.81. The molecule has 28 heavy (non-hydrogen) atoms. The number of rotatable bonds is 4. The van der Waals surface area contributed by atoms with E-state index >= 15 is 0 Å². The molecular formula is C21H22N6O. The number of carbonyl (C=O) groups excluding carboxylic acids is 1. The molecule has 1 N–H and O–H groups in total. The average Bonchev–Trinajstić information content (AvgIpc) is 3.27. The zero-order valence-electron chi connectivity index (χ0n) is 15.7. The van der Waals surface area contributed by atoms with Crippen molar-refractivity contribution in [3.63, 3.8) is 0 Å². The molecule has 1 aromatic carbocycles. The molecular weight excluding hydrogens is 352 g/mol. The smallest absolute Gasteiger partial charge is 0.255 e. The monoisotopic (exact) mass is 374 g/mol. The van der Waals surface area contributed by atoms with Crippen LogP contribution in [0.5, 0.6) is 0 Å². The van der Waals surface area contributed by atoms with E-state index in [9.17, 15) is 4.79 Å². The first-order valence-electron chi connectivity index (χ1n) is 9.51. The molecule has 2 aliphatic rings. The number of aromatic nitrogens is 4. The first-order chi connectivity index (χ1) is 13.6. The fraction of sp³-hybridized carbons (Fsp3) is 0.333. The van der Waals surface area contributed by atoms with Crippen molar-refractivity contribution in [1.82, 2.24) is 29.7 Å². The third-order valence-corrected chi connectivity index (χ3v) is 5.90. The maximum atomic E-state index is 12.6. The third-order valence-electron chi connectivity index (χ3n) is 5.90. The molecule has 1 amide bonds. The Balaban J connectivity index is 1.29. The number of fused-ring (bicyclic) bond motifs is 2. The Hall–Kier alpha value is -3.06. The number of hydrogen-bond donors (Lipinski definition) is 1. The maximum Gasteiger partial charge on any atom is 0.255 e. The van der Waals surface area contributed by atoms with Crippen LogP contribution in [0.2, 0.25) is 0 Å². The number of carbonyl (C=O) groups is 1. The molecule has 1 atom stereocenters. The van der Waals surface area contributed by atoms with Crippen LogP contribution in [-0.4, -0.2) is 43.4 Å². The van der Waals surface area contributed by atoms with E-state index in [4.69, 9.17) is 0 Å². The lowest BCUT2D eigenvalue weighted by molar-refractivity contribution is 0.00739. The van der Waals surface area contributed by atoms with Crippen LogP contribution in [0.1, 0.15) is 39.8 Å². The molecule has 0 radical (unpaired) electrons. The molecule has 142 valence electrons. The summed E-state index contributed by atoms with van der Waals surface area (Å²) < 4.78 is 2.26. The Morgan fingerprint density at radius 1 is 1.25 bits per heavy atom. The summed E-state index contributed by atoms with van der Waals surface area (Å²) in [5.74, 6) is 0.772. The van der Waals surface area contributed by atoms with Crippen LogP contribution < -0.4 is 5.32 Å². The van der Waals surface area contributed by atoms with E-state index in [1.165, 1.54) is 29.8 Å². The van der Waals surface area contributed by atoms with Crippen LogP contribution in [0.25, 0.3) is 0 Å². The van der Waals surface area contributed by atoms with Gasteiger partial charge in [-0.1, -0.05) is 24.3 Å². The lowest BCUT2D eigenvalue weighted by atomic mass is 9.85. The van der Waals surface area contributed by atoms with Gasteiger partial charge in [-0.25, -0.2) is 15.0 Å². The van der Waals surface area contributed by atoms with Gasteiger partial charge in [0.25, 0.3) is 5.91 Å². The van der Waals surface area contributed by atoms with Crippen molar-refractivity contribution in [2.24, 2.45) is 0 Å². The standard InChI is InChI=1S/C21H22N6O/c1-15-4-2-3-5-16(15)11-26-12-21(13-26)8-18(19-24-6-7-27(19)21)25-20(28)17-9-22-14-23-10-17/h2-7,9-10,14,18H,8,11-13H2,1H3,(H,25,28). The molecule has 1 saturated heterocycles. The van der Waals surface area contributed by atoms with E-state index in [0.717, 1.165) is 31.9 Å². The van der Waals surface area contributed by atoms with Crippen molar-refractivity contribution in [1.29, 1.82) is 0 Å². The summed E-state index contributed by atoms with van der Waals surface area (Å²) in [6, 6.07) is 8.44. The lowest BCUT2D eigenvalue weighted by Gasteiger charge is -2.49. The highest BCUT2D eigenvalue weighted by molar-refractivity contribution is 5.93. The fourth-order valence-electron chi connectivity index (χ4n) is 4.52. The highest BCUT2D eigenvalue weighted by Crippen LogP contribution is 2.45. The number of nitrogens with one attached hydrogen (secondary N) is 1. The van der Waals surface area contributed by atoms with Crippen molar-refractivity contribution < 1.29 is 4.79 Å². The Morgan fingerprint density at radius 2 is 2.04 bits per heavy atom. The van der Waals surface area contributed by atoms with Crippen LogP contribution >= 0.6 is 0 Å². The van der Waals surface area contributed by atoms with Gasteiger partial charge in [0.05, 0.1) is 17.1 Å². The van der Waals surface area contributed by atoms with Crippen LogP contribution in [0.15, 0.2) is 55.4 Å². The third kappa shape index (κ3) is 2.79. The van der Waals surface area contributed by atoms with Crippen LogP contribution in [0.3, 0.4) is 0 Å². The predicted octanol–water partition coefficient (Wildman–Crippen LogP) is 2.07. The second kappa shape index (κ2) is 6.53. The number of hydrogen-bond acceptors (Lipinski definition) is 5. The Kier molecular flexibility index (Phi) is 3.98. The average molecular weight is 374 g/mol. The van der Waals surface area contributed by atoms with Crippen LogP contribution in [-0.2, 0) is 12.1 Å². The molecule has 0 bridgehead atoms. The van der Waals surface area contributed by atoms with Crippen molar-refractivity contribution >= 4 is 5.91 Å². The predicted molar refractivity (Wildman–Crippen MR) is 104 cm³/mol. The molecule has 3 aromatic rings. The number of likely N-dealkylation sites (tertiary alicyclic amines) is 1. The SMILES string of the molecule is Cc1ccccc1CN1CC2(CC(NC(=O)c3cncnc3)c3nccn32)C1. The molecule has 7 nitrogen and oxygen atoms in total. The molecule has 2 aromatic heterocycles. The van der Waals surface area contributed by atoms with Gasteiger partial charge in [-0.05, 0) is 18.1 Å². The molecule has 5 rings (SSSR count). The summed E-state index contributed by atoms with van der Waals surface area (Å²) in [6.07, 6.45) is 9.22. The number of aryl methyl sites for hydroxylation is 1. The van der Waals surface area contributed by atoms with E-state index in [1.54, 1.807) is 0 Å². The number of amides is 1. The van der Waals surface area contributed by atoms with Crippen molar-refractivity contribution in [2.45, 2.75) is 31.5 Å². The minimum Gasteiger partial charge on any atom is -0.342 e. The molecule has 4 heterocycles. The quantitative estimate of drug-likeness (QED) is 0.757.